The number of nitrogens with zero attached hydrogens (tertiary/aromatic N) is 3. The van der Waals surface area contributed by atoms with Gasteiger partial charge in [0.1, 0.15) is 0 Å². The highest BCUT2D eigenvalue weighted by Gasteiger charge is 2.31. The van der Waals surface area contributed by atoms with E-state index in [1.807, 2.05) is 35.0 Å². The van der Waals surface area contributed by atoms with Crippen molar-refractivity contribution in [3.8, 4) is 0 Å². The summed E-state index contributed by atoms with van der Waals surface area (Å²) in [6.07, 6.45) is 7.55. The second kappa shape index (κ2) is 7.39. The first kappa shape index (κ1) is 17.5. The Kier molecular flexibility index (Phi) is 4.80. The average molecular weight is 359 g/mol. The van der Waals surface area contributed by atoms with Crippen molar-refractivity contribution in [3.63, 3.8) is 0 Å². The summed E-state index contributed by atoms with van der Waals surface area (Å²) in [5, 5.41) is 0. The van der Waals surface area contributed by atoms with Crippen molar-refractivity contribution in [1.82, 2.24) is 14.5 Å². The first-order valence-electron chi connectivity index (χ1n) is 9.55. The van der Waals surface area contributed by atoms with E-state index in [-0.39, 0.29) is 11.9 Å². The number of likely N-dealkylation sites (tertiary alicyclic amines) is 1. The molecule has 0 N–H and O–H groups in total. The number of amides is 1. The molecule has 0 spiro atoms. The van der Waals surface area contributed by atoms with Crippen LogP contribution >= 0.6 is 0 Å². The number of carbonyl (C=O) groups is 1. The van der Waals surface area contributed by atoms with Gasteiger partial charge in [-0.15, -0.1) is 0 Å². The molecule has 2 aromatic carbocycles. The Hall–Kier alpha value is -2.88. The van der Waals surface area contributed by atoms with Crippen LogP contribution in [-0.2, 0) is 6.54 Å². The van der Waals surface area contributed by atoms with Crippen LogP contribution in [0.2, 0.25) is 0 Å². The smallest absolute Gasteiger partial charge is 0.254 e. The minimum atomic E-state index is 0.131. The molecule has 138 valence electrons. The number of imidazole rings is 1. The quantitative estimate of drug-likeness (QED) is 0.687. The maximum atomic E-state index is 13.4. The molecule has 0 bridgehead atoms. The molecule has 2 heterocycles. The van der Waals surface area contributed by atoms with Crippen LogP contribution < -0.4 is 0 Å². The van der Waals surface area contributed by atoms with E-state index in [2.05, 4.69) is 41.9 Å². The van der Waals surface area contributed by atoms with Gasteiger partial charge in [-0.1, -0.05) is 36.4 Å². The van der Waals surface area contributed by atoms with Crippen molar-refractivity contribution in [3.05, 3.63) is 89.0 Å². The van der Waals surface area contributed by atoms with Gasteiger partial charge >= 0.3 is 0 Å². The lowest BCUT2D eigenvalue weighted by molar-refractivity contribution is 0.0734. The normalized spacial score (nSPS) is 16.7. The van der Waals surface area contributed by atoms with Crippen LogP contribution in [0.4, 0.5) is 0 Å². The van der Waals surface area contributed by atoms with Crippen molar-refractivity contribution in [2.24, 2.45) is 0 Å². The Morgan fingerprint density at radius 3 is 2.78 bits per heavy atom. The van der Waals surface area contributed by atoms with Crippen LogP contribution in [0, 0.1) is 13.8 Å². The number of aryl methyl sites for hydroxylation is 2. The lowest BCUT2D eigenvalue weighted by atomic mass is 9.98. The topological polar surface area (TPSA) is 38.1 Å². The van der Waals surface area contributed by atoms with Gasteiger partial charge in [-0.3, -0.25) is 4.79 Å². The largest absolute Gasteiger partial charge is 0.333 e. The van der Waals surface area contributed by atoms with E-state index >= 15 is 0 Å². The van der Waals surface area contributed by atoms with Crippen LogP contribution in [-0.4, -0.2) is 26.9 Å². The van der Waals surface area contributed by atoms with Gasteiger partial charge in [0.05, 0.1) is 12.4 Å². The lowest BCUT2D eigenvalue weighted by Gasteiger charge is -2.26. The molecule has 4 heteroatoms. The summed E-state index contributed by atoms with van der Waals surface area (Å²) in [5.41, 5.74) is 5.65. The van der Waals surface area contributed by atoms with Gasteiger partial charge in [0, 0.05) is 31.0 Å². The first-order chi connectivity index (χ1) is 13.1. The average Bonchev–Trinajstić information content (AvgIpc) is 3.36. The second-order valence-corrected chi connectivity index (χ2v) is 7.39. The Balaban J connectivity index is 1.63. The van der Waals surface area contributed by atoms with Crippen molar-refractivity contribution in [2.75, 3.05) is 6.54 Å². The van der Waals surface area contributed by atoms with Crippen molar-refractivity contribution in [2.45, 2.75) is 39.3 Å². The molecule has 1 amide bonds. The number of aromatic nitrogens is 2. The highest BCUT2D eigenvalue weighted by molar-refractivity contribution is 5.96. The molecule has 1 fully saturated rings. The van der Waals surface area contributed by atoms with Crippen LogP contribution in [0.3, 0.4) is 0 Å². The maximum absolute atomic E-state index is 13.4. The fraction of sp³-hybridized carbons (Fsp3) is 0.304. The molecule has 0 unspecified atom stereocenters. The molecule has 1 atom stereocenters. The molecule has 27 heavy (non-hydrogen) atoms. The number of carbonyl (C=O) groups excluding carboxylic acids is 1. The van der Waals surface area contributed by atoms with E-state index in [1.165, 1.54) is 16.7 Å². The van der Waals surface area contributed by atoms with Crippen LogP contribution in [0.15, 0.2) is 61.2 Å². The molecular formula is C23H25N3O. The predicted molar refractivity (Wildman–Crippen MR) is 107 cm³/mol. The molecule has 0 aliphatic carbocycles. The summed E-state index contributed by atoms with van der Waals surface area (Å²) >= 11 is 0. The van der Waals surface area contributed by atoms with E-state index < -0.39 is 0 Å². The number of hydrogen-bond acceptors (Lipinski definition) is 2. The minimum absolute atomic E-state index is 0.131. The standard InChI is InChI=1S/C23H25N3O/c1-17-9-10-19(14-18(17)2)22-8-5-12-26(22)23(27)21-7-4-3-6-20(21)15-25-13-11-24-16-25/h3-4,6-7,9-11,13-14,16,22H,5,8,12,15H2,1-2H3/t22-/m0/s1. The van der Waals surface area contributed by atoms with E-state index in [1.54, 1.807) is 12.5 Å². The van der Waals surface area contributed by atoms with Crippen molar-refractivity contribution < 1.29 is 4.79 Å². The zero-order valence-electron chi connectivity index (χ0n) is 15.9. The molecule has 3 aromatic rings. The maximum Gasteiger partial charge on any atom is 0.254 e. The molecule has 4 nitrogen and oxygen atoms in total. The minimum Gasteiger partial charge on any atom is -0.333 e. The van der Waals surface area contributed by atoms with E-state index in [9.17, 15) is 4.79 Å². The Morgan fingerprint density at radius 1 is 1.15 bits per heavy atom. The summed E-state index contributed by atoms with van der Waals surface area (Å²) in [6, 6.07) is 14.7. The van der Waals surface area contributed by atoms with Gasteiger partial charge in [-0.05, 0) is 55.0 Å². The third kappa shape index (κ3) is 3.52. The molecule has 0 saturated carbocycles. The molecule has 1 saturated heterocycles. The Labute approximate surface area is 160 Å². The summed E-state index contributed by atoms with van der Waals surface area (Å²) in [6.45, 7) is 5.74. The fourth-order valence-electron chi connectivity index (χ4n) is 3.93. The lowest BCUT2D eigenvalue weighted by Crippen LogP contribution is -2.31. The molecule has 0 radical (unpaired) electrons. The predicted octanol–water partition coefficient (Wildman–Crippen LogP) is 4.53. The molecule has 1 aliphatic heterocycles. The highest BCUT2D eigenvalue weighted by atomic mass is 16.2. The van der Waals surface area contributed by atoms with Crippen molar-refractivity contribution >= 4 is 5.91 Å². The molecule has 1 aliphatic rings. The number of hydrogen-bond donors (Lipinski definition) is 0. The van der Waals surface area contributed by atoms with Crippen molar-refractivity contribution in [1.29, 1.82) is 0 Å². The van der Waals surface area contributed by atoms with E-state index in [4.69, 9.17) is 0 Å². The van der Waals surface area contributed by atoms with Gasteiger partial charge < -0.3 is 9.47 Å². The second-order valence-electron chi connectivity index (χ2n) is 7.39. The van der Waals surface area contributed by atoms with Gasteiger partial charge in [0.25, 0.3) is 5.91 Å². The van der Waals surface area contributed by atoms with Crippen LogP contribution in [0.5, 0.6) is 0 Å². The third-order valence-corrected chi connectivity index (χ3v) is 5.59. The molecular weight excluding hydrogens is 334 g/mol. The van der Waals surface area contributed by atoms with E-state index in [0.29, 0.717) is 6.54 Å². The Bertz CT molecular complexity index is 946. The number of rotatable bonds is 4. The van der Waals surface area contributed by atoms with Gasteiger partial charge in [-0.25, -0.2) is 4.98 Å². The summed E-state index contributed by atoms with van der Waals surface area (Å²) < 4.78 is 2.00. The monoisotopic (exact) mass is 359 g/mol. The van der Waals surface area contributed by atoms with Gasteiger partial charge in [0.15, 0.2) is 0 Å². The van der Waals surface area contributed by atoms with Crippen LogP contribution in [0.1, 0.15) is 51.5 Å². The van der Waals surface area contributed by atoms with Gasteiger partial charge in [-0.2, -0.15) is 0 Å². The van der Waals surface area contributed by atoms with E-state index in [0.717, 1.165) is 30.5 Å². The summed E-state index contributed by atoms with van der Waals surface area (Å²) in [5.74, 6) is 0.131. The third-order valence-electron chi connectivity index (χ3n) is 5.59. The molecule has 4 rings (SSSR count). The summed E-state index contributed by atoms with van der Waals surface area (Å²) in [7, 11) is 0. The van der Waals surface area contributed by atoms with Crippen LogP contribution in [0.25, 0.3) is 0 Å². The molecule has 1 aromatic heterocycles. The first-order valence-corrected chi connectivity index (χ1v) is 9.55. The summed E-state index contributed by atoms with van der Waals surface area (Å²) in [4.78, 5) is 19.6. The zero-order chi connectivity index (χ0) is 18.8. The highest BCUT2D eigenvalue weighted by Crippen LogP contribution is 2.34. The van der Waals surface area contributed by atoms with Gasteiger partial charge in [0.2, 0.25) is 0 Å². The number of benzene rings is 2. The Morgan fingerprint density at radius 2 is 2.00 bits per heavy atom. The SMILES string of the molecule is Cc1ccc([C@@H]2CCCN2C(=O)c2ccccc2Cn2ccnc2)cc1C. The fourth-order valence-corrected chi connectivity index (χ4v) is 3.93. The zero-order valence-corrected chi connectivity index (χ0v) is 15.9.